The molecular weight excluding hydrogens is 753 g/mol. The molecule has 0 amide bonds. The molecule has 0 aromatic rings. The number of hydrogen-bond acceptors (Lipinski definition) is 6. The fourth-order valence-electron chi connectivity index (χ4n) is 6.64. The maximum Gasteiger partial charge on any atom is 0.306 e. The van der Waals surface area contributed by atoms with Gasteiger partial charge in [-0.25, -0.2) is 0 Å². The molecule has 0 rings (SSSR count). The Morgan fingerprint density at radius 2 is 0.787 bits per heavy atom. The predicted molar refractivity (Wildman–Crippen MR) is 273 cm³/mol. The van der Waals surface area contributed by atoms with E-state index < -0.39 is 0 Å². The summed E-state index contributed by atoms with van der Waals surface area (Å²) >= 11 is 0. The number of ether oxygens (including phenoxy) is 2. The maximum absolute atomic E-state index is 12.7. The largest absolute Gasteiger partial charge is 0.461 e. The average Bonchev–Trinajstić information content (AvgIpc) is 3.26. The molecule has 0 aliphatic rings. The molecule has 61 heavy (non-hydrogen) atoms. The summed E-state index contributed by atoms with van der Waals surface area (Å²) in [5.41, 5.74) is 0. The van der Waals surface area contributed by atoms with E-state index in [1.54, 1.807) is 0 Å². The van der Waals surface area contributed by atoms with Crippen molar-refractivity contribution in [3.8, 4) is 0 Å². The maximum atomic E-state index is 12.7. The van der Waals surface area contributed by atoms with Gasteiger partial charge in [0.25, 0.3) is 6.47 Å². The molecule has 0 aromatic heterocycles. The molecule has 2 atom stereocenters. The lowest BCUT2D eigenvalue weighted by Gasteiger charge is -2.26. The molecule has 0 aliphatic carbocycles. The molecule has 0 bridgehead atoms. The van der Waals surface area contributed by atoms with E-state index in [0.717, 1.165) is 77.2 Å². The van der Waals surface area contributed by atoms with E-state index in [-0.39, 0.29) is 18.2 Å². The van der Waals surface area contributed by atoms with Crippen molar-refractivity contribution < 1.29 is 19.1 Å². The zero-order valence-electron chi connectivity index (χ0n) is 43.0. The van der Waals surface area contributed by atoms with Crippen LogP contribution in [0.1, 0.15) is 241 Å². The summed E-state index contributed by atoms with van der Waals surface area (Å²) in [4.78, 5) is 28.5. The number of unbranched alkanes of at least 4 members (excludes halogenated alkanes) is 19. The Morgan fingerprint density at radius 3 is 1.15 bits per heavy atom. The van der Waals surface area contributed by atoms with Crippen molar-refractivity contribution in [1.82, 2.24) is 9.80 Å². The van der Waals surface area contributed by atoms with Gasteiger partial charge in [0.2, 0.25) is 0 Å². The second-order valence-electron chi connectivity index (χ2n) is 16.6. The molecule has 0 aliphatic heterocycles. The number of rotatable bonds is 41. The molecule has 0 radical (unpaired) electrons. The molecule has 6 nitrogen and oxygen atoms in total. The van der Waals surface area contributed by atoms with Crippen LogP contribution in [0, 0.1) is 0 Å². The quantitative estimate of drug-likeness (QED) is 0.0264. The van der Waals surface area contributed by atoms with Crippen LogP contribution in [0.4, 0.5) is 0 Å². The molecule has 2 unspecified atom stereocenters. The van der Waals surface area contributed by atoms with Crippen LogP contribution in [0.3, 0.4) is 0 Å². The smallest absolute Gasteiger partial charge is 0.306 e. The van der Waals surface area contributed by atoms with Gasteiger partial charge in [-0.2, -0.15) is 0 Å². The standard InChI is InChI=1S/C45H81NO4.C6H15N.2C2H6/c1-5-7-9-11-13-15-17-19-21-23-25-27-29-31-33-35-38-43(49-42-47)44(50-45(48)40-37-41-46(3)4)39-36-34-32-30-28-26-24-22-20-18-16-14-12-10-8-6-2;1-4-5-6-7(2)3;2*1-2/h13-16,19-22,42-44H,5-12,17-18,23-41H2,1-4H3;4-6H2,1-3H3;2*1-2H3/b15-13-,16-14-,21-19-,22-20-;;;. The third-order valence-electron chi connectivity index (χ3n) is 10.3. The number of carbonyl (C=O) groups excluding carboxylic acids is 2. The van der Waals surface area contributed by atoms with Gasteiger partial charge in [-0.15, -0.1) is 0 Å². The fraction of sp³-hybridized carbons (Fsp3) is 0.818. The highest BCUT2D eigenvalue weighted by Crippen LogP contribution is 2.21. The molecular formula is C55H108N2O4. The van der Waals surface area contributed by atoms with Gasteiger partial charge >= 0.3 is 5.97 Å². The summed E-state index contributed by atoms with van der Waals surface area (Å²) in [7, 11) is 8.24. The van der Waals surface area contributed by atoms with Gasteiger partial charge in [-0.3, -0.25) is 9.59 Å². The highest BCUT2D eigenvalue weighted by Gasteiger charge is 2.26. The second-order valence-corrected chi connectivity index (χ2v) is 16.6. The zero-order valence-corrected chi connectivity index (χ0v) is 43.0. The third-order valence-corrected chi connectivity index (χ3v) is 10.3. The minimum Gasteiger partial charge on any atom is -0.461 e. The first-order valence-electron chi connectivity index (χ1n) is 26.0. The second kappa shape index (κ2) is 59.9. The molecule has 0 spiro atoms. The van der Waals surface area contributed by atoms with E-state index in [4.69, 9.17) is 9.47 Å². The summed E-state index contributed by atoms with van der Waals surface area (Å²) in [6.07, 6.45) is 51.9. The van der Waals surface area contributed by atoms with Gasteiger partial charge in [-0.05, 0) is 144 Å². The predicted octanol–water partition coefficient (Wildman–Crippen LogP) is 16.6. The highest BCUT2D eigenvalue weighted by molar-refractivity contribution is 5.69. The van der Waals surface area contributed by atoms with Crippen molar-refractivity contribution in [3.63, 3.8) is 0 Å². The normalized spacial score (nSPS) is 12.3. The number of hydrogen-bond donors (Lipinski definition) is 0. The van der Waals surface area contributed by atoms with E-state index in [1.165, 1.54) is 122 Å². The van der Waals surface area contributed by atoms with Crippen LogP contribution in [-0.4, -0.2) is 75.7 Å². The first-order valence-corrected chi connectivity index (χ1v) is 26.0. The van der Waals surface area contributed by atoms with Gasteiger partial charge in [-0.1, -0.05) is 181 Å². The Labute approximate surface area is 383 Å². The topological polar surface area (TPSA) is 59.1 Å². The van der Waals surface area contributed by atoms with Crippen LogP contribution < -0.4 is 0 Å². The molecule has 6 heteroatoms. The summed E-state index contributed by atoms with van der Waals surface area (Å²) < 4.78 is 11.5. The van der Waals surface area contributed by atoms with Gasteiger partial charge in [0.1, 0.15) is 12.2 Å². The fourth-order valence-corrected chi connectivity index (χ4v) is 6.64. The molecule has 0 N–H and O–H groups in total. The van der Waals surface area contributed by atoms with Crippen LogP contribution in [-0.2, 0) is 19.1 Å². The minimum atomic E-state index is -0.353. The van der Waals surface area contributed by atoms with Gasteiger partial charge in [0.15, 0.2) is 0 Å². The van der Waals surface area contributed by atoms with Crippen molar-refractivity contribution in [2.75, 3.05) is 41.3 Å². The van der Waals surface area contributed by atoms with Crippen molar-refractivity contribution in [3.05, 3.63) is 48.6 Å². The molecule has 362 valence electrons. The summed E-state index contributed by atoms with van der Waals surface area (Å²) in [6.45, 7) is 17.3. The third kappa shape index (κ3) is 59.9. The number of esters is 1. The molecule has 0 aromatic carbocycles. The number of allylic oxidation sites excluding steroid dienone is 8. The van der Waals surface area contributed by atoms with Crippen LogP contribution in [0.5, 0.6) is 0 Å². The van der Waals surface area contributed by atoms with E-state index in [9.17, 15) is 9.59 Å². The minimum absolute atomic E-state index is 0.173. The highest BCUT2D eigenvalue weighted by atomic mass is 16.6. The van der Waals surface area contributed by atoms with E-state index in [0.29, 0.717) is 12.9 Å². The van der Waals surface area contributed by atoms with Crippen molar-refractivity contribution in [2.45, 2.75) is 253 Å². The molecule has 0 saturated carbocycles. The lowest BCUT2D eigenvalue weighted by Crippen LogP contribution is -2.34. The summed E-state index contributed by atoms with van der Waals surface area (Å²) in [5.74, 6) is -0.173. The van der Waals surface area contributed by atoms with Gasteiger partial charge in [0, 0.05) is 6.42 Å². The summed E-state index contributed by atoms with van der Waals surface area (Å²) in [6, 6.07) is 0. The molecule has 0 heterocycles. The lowest BCUT2D eigenvalue weighted by atomic mass is 9.99. The molecule has 0 saturated heterocycles. The van der Waals surface area contributed by atoms with Crippen LogP contribution >= 0.6 is 0 Å². The van der Waals surface area contributed by atoms with Crippen molar-refractivity contribution >= 4 is 12.4 Å². The van der Waals surface area contributed by atoms with Crippen LogP contribution in [0.2, 0.25) is 0 Å². The van der Waals surface area contributed by atoms with E-state index in [2.05, 4.69) is 93.3 Å². The average molecular weight is 861 g/mol. The first-order chi connectivity index (χ1) is 29.8. The van der Waals surface area contributed by atoms with Crippen LogP contribution in [0.15, 0.2) is 48.6 Å². The van der Waals surface area contributed by atoms with E-state index >= 15 is 0 Å². The SMILES string of the molecule is CC.CC.CCCCC/C=C\C/C=C\CCCCCCCCC(OC=O)C(CCCCCCCC/C=C\C/C=C\CCCCC)OC(=O)CCCN(C)C.CCCCN(C)C. The number of nitrogens with zero attached hydrogens (tertiary/aromatic N) is 2. The Kier molecular flexibility index (Phi) is 64.3. The molecule has 0 fully saturated rings. The zero-order chi connectivity index (χ0) is 46.3. The van der Waals surface area contributed by atoms with Crippen LogP contribution in [0.25, 0.3) is 0 Å². The lowest BCUT2D eigenvalue weighted by molar-refractivity contribution is -0.163. The van der Waals surface area contributed by atoms with Crippen molar-refractivity contribution in [2.24, 2.45) is 0 Å². The summed E-state index contributed by atoms with van der Waals surface area (Å²) in [5, 5.41) is 0. The van der Waals surface area contributed by atoms with Gasteiger partial charge in [0.05, 0.1) is 0 Å². The first kappa shape index (κ1) is 65.4. The van der Waals surface area contributed by atoms with Crippen molar-refractivity contribution in [1.29, 1.82) is 0 Å². The Balaban J connectivity index is -0.00000131. The Bertz CT molecular complexity index is 942. The Morgan fingerprint density at radius 1 is 0.443 bits per heavy atom. The van der Waals surface area contributed by atoms with E-state index in [1.807, 2.05) is 41.8 Å². The number of carbonyl (C=O) groups is 2. The van der Waals surface area contributed by atoms with Gasteiger partial charge < -0.3 is 19.3 Å². The monoisotopic (exact) mass is 861 g/mol. The Hall–Kier alpha value is -2.18.